The fraction of sp³-hybridized carbons (Fsp3) is 0.909. The van der Waals surface area contributed by atoms with Crippen molar-refractivity contribution < 1.29 is 9.90 Å². The minimum absolute atomic E-state index is 0.0612. The third-order valence-electron chi connectivity index (χ3n) is 3.02. The highest BCUT2D eigenvalue weighted by atomic mass is 79.9. The summed E-state index contributed by atoms with van der Waals surface area (Å²) >= 11 is 3.39. The number of carbonyl (C=O) groups excluding carboxylic acids is 1. The molecule has 1 unspecified atom stereocenters. The highest BCUT2D eigenvalue weighted by Crippen LogP contribution is 2.25. The molecule has 1 amide bonds. The topological polar surface area (TPSA) is 40.5 Å². The number of amides is 1. The normalized spacial score (nSPS) is 19.1. The molecule has 0 bridgehead atoms. The first-order valence-corrected chi connectivity index (χ1v) is 6.67. The zero-order chi connectivity index (χ0) is 11.3. The van der Waals surface area contributed by atoms with Gasteiger partial charge in [-0.05, 0) is 19.3 Å². The standard InChI is InChI=1S/C11H20BrNO2/c1-2-10(12)11(15)13(7-8-14)9-5-3-4-6-9/h9-10,14H,2-8H2,1H3. The predicted octanol–water partition coefficient (Wildman–Crippen LogP) is 1.92. The molecular weight excluding hydrogens is 258 g/mol. The van der Waals surface area contributed by atoms with Crippen molar-refractivity contribution in [3.8, 4) is 0 Å². The van der Waals surface area contributed by atoms with Crippen molar-refractivity contribution >= 4 is 21.8 Å². The van der Waals surface area contributed by atoms with Crippen LogP contribution in [0.4, 0.5) is 0 Å². The van der Waals surface area contributed by atoms with Gasteiger partial charge < -0.3 is 10.0 Å². The van der Waals surface area contributed by atoms with Crippen LogP contribution in [0.1, 0.15) is 39.0 Å². The number of hydrogen-bond donors (Lipinski definition) is 1. The van der Waals surface area contributed by atoms with Crippen LogP contribution in [0.3, 0.4) is 0 Å². The zero-order valence-corrected chi connectivity index (χ0v) is 10.9. The molecule has 4 heteroatoms. The van der Waals surface area contributed by atoms with E-state index in [1.165, 1.54) is 12.8 Å². The molecule has 1 fully saturated rings. The van der Waals surface area contributed by atoms with Crippen LogP contribution in [0.5, 0.6) is 0 Å². The summed E-state index contributed by atoms with van der Waals surface area (Å²) < 4.78 is 0. The Morgan fingerprint density at radius 1 is 1.53 bits per heavy atom. The Hall–Kier alpha value is -0.0900. The lowest BCUT2D eigenvalue weighted by Gasteiger charge is -2.30. The van der Waals surface area contributed by atoms with E-state index < -0.39 is 0 Å². The van der Waals surface area contributed by atoms with E-state index in [0.29, 0.717) is 12.6 Å². The predicted molar refractivity (Wildman–Crippen MR) is 64.1 cm³/mol. The Labute approximate surface area is 100.0 Å². The van der Waals surface area contributed by atoms with Gasteiger partial charge in [0, 0.05) is 12.6 Å². The maximum atomic E-state index is 12.0. The van der Waals surface area contributed by atoms with Gasteiger partial charge in [-0.1, -0.05) is 35.7 Å². The minimum Gasteiger partial charge on any atom is -0.395 e. The molecule has 1 saturated carbocycles. The molecule has 1 N–H and O–H groups in total. The first kappa shape index (κ1) is 13.0. The molecule has 15 heavy (non-hydrogen) atoms. The third-order valence-corrected chi connectivity index (χ3v) is 4.05. The molecule has 88 valence electrons. The van der Waals surface area contributed by atoms with Crippen LogP contribution in [0.2, 0.25) is 0 Å². The van der Waals surface area contributed by atoms with Crippen molar-refractivity contribution in [2.75, 3.05) is 13.2 Å². The van der Waals surface area contributed by atoms with Crippen molar-refractivity contribution in [2.24, 2.45) is 0 Å². The molecule has 0 aliphatic heterocycles. The molecule has 0 heterocycles. The molecule has 0 spiro atoms. The average Bonchev–Trinajstić information content (AvgIpc) is 2.77. The highest BCUT2D eigenvalue weighted by Gasteiger charge is 2.28. The molecular formula is C11H20BrNO2. The van der Waals surface area contributed by atoms with Gasteiger partial charge >= 0.3 is 0 Å². The molecule has 0 saturated heterocycles. The van der Waals surface area contributed by atoms with E-state index in [1.807, 2.05) is 11.8 Å². The Kier molecular flexibility index (Phi) is 5.61. The van der Waals surface area contributed by atoms with Gasteiger partial charge in [0.2, 0.25) is 5.91 Å². The molecule has 0 aromatic carbocycles. The Morgan fingerprint density at radius 3 is 2.60 bits per heavy atom. The van der Waals surface area contributed by atoms with Gasteiger partial charge in [0.1, 0.15) is 0 Å². The Balaban J connectivity index is 2.59. The highest BCUT2D eigenvalue weighted by molar-refractivity contribution is 9.10. The van der Waals surface area contributed by atoms with Crippen molar-refractivity contribution in [1.29, 1.82) is 0 Å². The molecule has 1 rings (SSSR count). The zero-order valence-electron chi connectivity index (χ0n) is 9.29. The molecule has 0 radical (unpaired) electrons. The van der Waals surface area contributed by atoms with Gasteiger partial charge in [0.25, 0.3) is 0 Å². The molecule has 0 aromatic rings. The number of hydrogen-bond acceptors (Lipinski definition) is 2. The van der Waals surface area contributed by atoms with E-state index in [4.69, 9.17) is 5.11 Å². The van der Waals surface area contributed by atoms with Gasteiger partial charge in [-0.2, -0.15) is 0 Å². The van der Waals surface area contributed by atoms with Gasteiger partial charge in [-0.25, -0.2) is 0 Å². The quantitative estimate of drug-likeness (QED) is 0.781. The summed E-state index contributed by atoms with van der Waals surface area (Å²) in [5, 5.41) is 8.99. The third kappa shape index (κ3) is 3.45. The van der Waals surface area contributed by atoms with Crippen LogP contribution in [0.15, 0.2) is 0 Å². The first-order valence-electron chi connectivity index (χ1n) is 5.76. The van der Waals surface area contributed by atoms with Crippen LogP contribution in [-0.4, -0.2) is 39.9 Å². The van der Waals surface area contributed by atoms with E-state index in [2.05, 4.69) is 15.9 Å². The summed E-state index contributed by atoms with van der Waals surface area (Å²) in [5.74, 6) is 0.137. The maximum Gasteiger partial charge on any atom is 0.236 e. The van der Waals surface area contributed by atoms with E-state index in [1.54, 1.807) is 0 Å². The molecule has 0 aromatic heterocycles. The maximum absolute atomic E-state index is 12.0. The van der Waals surface area contributed by atoms with Crippen LogP contribution in [0, 0.1) is 0 Å². The van der Waals surface area contributed by atoms with E-state index in [9.17, 15) is 4.79 Å². The number of aliphatic hydroxyl groups is 1. The fourth-order valence-electron chi connectivity index (χ4n) is 2.15. The van der Waals surface area contributed by atoms with Crippen LogP contribution in [-0.2, 0) is 4.79 Å². The number of nitrogens with zero attached hydrogens (tertiary/aromatic N) is 1. The van der Waals surface area contributed by atoms with Crippen molar-refractivity contribution in [3.63, 3.8) is 0 Å². The summed E-state index contributed by atoms with van der Waals surface area (Å²) in [4.78, 5) is 13.8. The number of halogens is 1. The summed E-state index contributed by atoms with van der Waals surface area (Å²) in [6.07, 6.45) is 5.40. The van der Waals surface area contributed by atoms with Gasteiger partial charge in [-0.3, -0.25) is 4.79 Å². The van der Waals surface area contributed by atoms with Crippen molar-refractivity contribution in [3.05, 3.63) is 0 Å². The number of aliphatic hydroxyl groups excluding tert-OH is 1. The fourth-order valence-corrected chi connectivity index (χ4v) is 2.41. The van der Waals surface area contributed by atoms with E-state index in [-0.39, 0.29) is 17.3 Å². The first-order chi connectivity index (χ1) is 7.20. The summed E-state index contributed by atoms with van der Waals surface area (Å²) in [6, 6.07) is 0.358. The summed E-state index contributed by atoms with van der Waals surface area (Å²) in [5.41, 5.74) is 0. The van der Waals surface area contributed by atoms with Gasteiger partial charge in [0.15, 0.2) is 0 Å². The smallest absolute Gasteiger partial charge is 0.236 e. The van der Waals surface area contributed by atoms with Crippen molar-refractivity contribution in [1.82, 2.24) is 4.90 Å². The molecule has 1 aliphatic carbocycles. The van der Waals surface area contributed by atoms with Gasteiger partial charge in [0.05, 0.1) is 11.4 Å². The largest absolute Gasteiger partial charge is 0.395 e. The molecule has 1 aliphatic rings. The number of rotatable bonds is 5. The van der Waals surface area contributed by atoms with Crippen molar-refractivity contribution in [2.45, 2.75) is 49.9 Å². The van der Waals surface area contributed by atoms with E-state index in [0.717, 1.165) is 19.3 Å². The number of alkyl halides is 1. The SMILES string of the molecule is CCC(Br)C(=O)N(CCO)C1CCCC1. The number of carbonyl (C=O) groups is 1. The van der Waals surface area contributed by atoms with Crippen LogP contribution in [0.25, 0.3) is 0 Å². The summed E-state index contributed by atoms with van der Waals surface area (Å²) in [6.45, 7) is 2.53. The van der Waals surface area contributed by atoms with E-state index >= 15 is 0 Å². The second kappa shape index (κ2) is 6.48. The lowest BCUT2D eigenvalue weighted by atomic mass is 10.2. The minimum atomic E-state index is -0.0929. The monoisotopic (exact) mass is 277 g/mol. The lowest BCUT2D eigenvalue weighted by Crippen LogP contribution is -2.44. The molecule has 3 nitrogen and oxygen atoms in total. The second-order valence-electron chi connectivity index (χ2n) is 4.07. The van der Waals surface area contributed by atoms with Gasteiger partial charge in [-0.15, -0.1) is 0 Å². The average molecular weight is 278 g/mol. The van der Waals surface area contributed by atoms with Crippen LogP contribution < -0.4 is 0 Å². The lowest BCUT2D eigenvalue weighted by molar-refractivity contribution is -0.133. The second-order valence-corrected chi connectivity index (χ2v) is 5.17. The van der Waals surface area contributed by atoms with Crippen LogP contribution >= 0.6 is 15.9 Å². The summed E-state index contributed by atoms with van der Waals surface area (Å²) in [7, 11) is 0. The molecule has 1 atom stereocenters. The Morgan fingerprint density at radius 2 is 2.13 bits per heavy atom. The Bertz CT molecular complexity index is 205.